The van der Waals surface area contributed by atoms with E-state index in [0.29, 0.717) is 0 Å². The fraction of sp³-hybridized carbons (Fsp3) is 0. The van der Waals surface area contributed by atoms with Crippen LogP contribution in [0, 0.1) is 11.9 Å². The molecule has 1 radical (unpaired) electrons. The second-order valence-electron chi connectivity index (χ2n) is 1.75. The van der Waals surface area contributed by atoms with E-state index in [1.807, 2.05) is 0 Å². The molecule has 1 aromatic rings. The fourth-order valence-electron chi connectivity index (χ4n) is 0.566. The molecular weight excluding hydrogens is 135 g/mol. The van der Waals surface area contributed by atoms with E-state index < -0.39 is 11.8 Å². The molecule has 0 amide bonds. The maximum atomic E-state index is 12.2. The van der Waals surface area contributed by atoms with Crippen LogP contribution in [-0.2, 0) is 0 Å². The lowest BCUT2D eigenvalue weighted by Gasteiger charge is -1.90. The van der Waals surface area contributed by atoms with Crippen molar-refractivity contribution in [1.82, 2.24) is 0 Å². The van der Waals surface area contributed by atoms with Gasteiger partial charge in [0.05, 0.1) is 5.56 Å². The van der Waals surface area contributed by atoms with Gasteiger partial charge in [-0.1, -0.05) is 0 Å². The lowest BCUT2D eigenvalue weighted by Crippen LogP contribution is -1.95. The second kappa shape index (κ2) is 2.47. The van der Waals surface area contributed by atoms with Gasteiger partial charge in [-0.3, -0.25) is 0 Å². The van der Waals surface area contributed by atoms with Gasteiger partial charge in [0.1, 0.15) is 5.82 Å². The first-order chi connectivity index (χ1) is 4.70. The van der Waals surface area contributed by atoms with Crippen molar-refractivity contribution in [2.75, 3.05) is 0 Å². The molecule has 10 heavy (non-hydrogen) atoms. The zero-order valence-electron chi connectivity index (χ0n) is 4.97. The van der Waals surface area contributed by atoms with Gasteiger partial charge >= 0.3 is 5.97 Å². The maximum absolute atomic E-state index is 12.2. The zero-order chi connectivity index (χ0) is 7.56. The molecule has 51 valence electrons. The normalized spacial score (nSPS) is 9.30. The third-order valence-electron chi connectivity index (χ3n) is 1.00. The summed E-state index contributed by atoms with van der Waals surface area (Å²) in [7, 11) is 0. The first-order valence-corrected chi connectivity index (χ1v) is 2.60. The summed E-state index contributed by atoms with van der Waals surface area (Å²) in [5, 5.41) is 8.32. The highest BCUT2D eigenvalue weighted by molar-refractivity contribution is 5.87. The molecule has 0 saturated carbocycles. The summed E-state index contributed by atoms with van der Waals surface area (Å²) in [5.74, 6) is -1.73. The molecule has 1 aromatic carbocycles. The highest BCUT2D eigenvalue weighted by Crippen LogP contribution is 2.01. The van der Waals surface area contributed by atoms with Crippen molar-refractivity contribution in [3.8, 4) is 0 Å². The summed E-state index contributed by atoms with van der Waals surface area (Å²) in [4.78, 5) is 10.2. The summed E-state index contributed by atoms with van der Waals surface area (Å²) >= 11 is 0. The Balaban J connectivity index is 3.07. The molecule has 1 rings (SSSR count). The molecular formula is C7H4FO2. The highest BCUT2D eigenvalue weighted by Gasteiger charge is 2.01. The van der Waals surface area contributed by atoms with Gasteiger partial charge in [0.25, 0.3) is 0 Å². The highest BCUT2D eigenvalue weighted by atomic mass is 19.1. The van der Waals surface area contributed by atoms with Gasteiger partial charge < -0.3 is 5.11 Å². The van der Waals surface area contributed by atoms with Gasteiger partial charge in [-0.2, -0.15) is 0 Å². The topological polar surface area (TPSA) is 37.3 Å². The van der Waals surface area contributed by atoms with Crippen LogP contribution < -0.4 is 0 Å². The molecule has 0 saturated heterocycles. The molecule has 0 aliphatic rings. The van der Waals surface area contributed by atoms with Gasteiger partial charge in [-0.25, -0.2) is 9.18 Å². The Morgan fingerprint density at radius 2 is 2.30 bits per heavy atom. The largest absolute Gasteiger partial charge is 0.478 e. The Morgan fingerprint density at radius 1 is 1.60 bits per heavy atom. The summed E-state index contributed by atoms with van der Waals surface area (Å²) in [5.41, 5.74) is -0.0833. The van der Waals surface area contributed by atoms with Crippen molar-refractivity contribution in [3.63, 3.8) is 0 Å². The molecule has 1 N–H and O–H groups in total. The molecule has 0 unspecified atom stereocenters. The molecule has 0 aliphatic heterocycles. The molecule has 0 bridgehead atoms. The van der Waals surface area contributed by atoms with Gasteiger partial charge in [0, 0.05) is 0 Å². The Morgan fingerprint density at radius 3 is 2.70 bits per heavy atom. The predicted octanol–water partition coefficient (Wildman–Crippen LogP) is 1.32. The van der Waals surface area contributed by atoms with Crippen LogP contribution in [0.3, 0.4) is 0 Å². The van der Waals surface area contributed by atoms with E-state index in [1.54, 1.807) is 0 Å². The zero-order valence-corrected chi connectivity index (χ0v) is 4.97. The number of hydrogen-bond donors (Lipinski definition) is 1. The van der Waals surface area contributed by atoms with Crippen LogP contribution in [0.5, 0.6) is 0 Å². The summed E-state index contributed by atoms with van der Waals surface area (Å²) in [6.45, 7) is 0. The number of hydrogen-bond acceptors (Lipinski definition) is 1. The number of halogens is 1. The average Bonchev–Trinajstić information content (AvgIpc) is 1.88. The summed E-state index contributed by atoms with van der Waals surface area (Å²) in [6, 6.07) is 5.59. The number of carboxylic acid groups (broad SMARTS) is 1. The van der Waals surface area contributed by atoms with Gasteiger partial charge in [-0.05, 0) is 24.3 Å². The van der Waals surface area contributed by atoms with Crippen LogP contribution in [0.1, 0.15) is 10.4 Å². The van der Waals surface area contributed by atoms with Crippen LogP contribution in [-0.4, -0.2) is 11.1 Å². The monoisotopic (exact) mass is 139 g/mol. The van der Waals surface area contributed by atoms with Crippen molar-refractivity contribution in [3.05, 3.63) is 35.6 Å². The van der Waals surface area contributed by atoms with E-state index in [0.717, 1.165) is 12.1 Å². The second-order valence-corrected chi connectivity index (χ2v) is 1.75. The molecule has 3 heteroatoms. The van der Waals surface area contributed by atoms with E-state index in [9.17, 15) is 9.18 Å². The van der Waals surface area contributed by atoms with Gasteiger partial charge in [0.2, 0.25) is 0 Å². The molecule has 0 aliphatic carbocycles. The van der Waals surface area contributed by atoms with E-state index in [4.69, 9.17) is 5.11 Å². The smallest absolute Gasteiger partial charge is 0.335 e. The third-order valence-corrected chi connectivity index (χ3v) is 1.00. The quantitative estimate of drug-likeness (QED) is 0.637. The lowest BCUT2D eigenvalue weighted by molar-refractivity contribution is 0.0696. The van der Waals surface area contributed by atoms with Crippen molar-refractivity contribution in [1.29, 1.82) is 0 Å². The van der Waals surface area contributed by atoms with E-state index in [1.165, 1.54) is 6.07 Å². The molecule has 0 aromatic heterocycles. The average molecular weight is 139 g/mol. The SMILES string of the molecule is O=C(O)c1c[c]cc(F)c1. The van der Waals surface area contributed by atoms with E-state index in [2.05, 4.69) is 6.07 Å². The minimum atomic E-state index is -1.14. The number of carbonyl (C=O) groups is 1. The summed E-state index contributed by atoms with van der Waals surface area (Å²) in [6.07, 6.45) is 0. The number of benzene rings is 1. The van der Waals surface area contributed by atoms with Crippen LogP contribution in [0.15, 0.2) is 18.2 Å². The van der Waals surface area contributed by atoms with Crippen molar-refractivity contribution in [2.24, 2.45) is 0 Å². The number of carboxylic acids is 1. The Labute approximate surface area is 56.9 Å². The lowest BCUT2D eigenvalue weighted by atomic mass is 10.2. The van der Waals surface area contributed by atoms with Crippen LogP contribution in [0.2, 0.25) is 0 Å². The molecule has 0 heterocycles. The van der Waals surface area contributed by atoms with Crippen LogP contribution in [0.4, 0.5) is 4.39 Å². The number of rotatable bonds is 1. The predicted molar refractivity (Wildman–Crippen MR) is 32.2 cm³/mol. The van der Waals surface area contributed by atoms with Crippen LogP contribution in [0.25, 0.3) is 0 Å². The third kappa shape index (κ3) is 1.31. The maximum Gasteiger partial charge on any atom is 0.335 e. The molecule has 0 spiro atoms. The fourth-order valence-corrected chi connectivity index (χ4v) is 0.566. The van der Waals surface area contributed by atoms with Crippen molar-refractivity contribution >= 4 is 5.97 Å². The first-order valence-electron chi connectivity index (χ1n) is 2.60. The molecule has 0 atom stereocenters. The standard InChI is InChI=1S/C7H4FO2/c8-6-3-1-2-5(4-6)7(9)10/h2-4H,(H,9,10). The van der Waals surface area contributed by atoms with Crippen molar-refractivity contribution in [2.45, 2.75) is 0 Å². The molecule has 0 fully saturated rings. The number of aromatic carboxylic acids is 1. The van der Waals surface area contributed by atoms with E-state index in [-0.39, 0.29) is 5.56 Å². The minimum absolute atomic E-state index is 0.0833. The Kier molecular flexibility index (Phi) is 1.67. The van der Waals surface area contributed by atoms with Crippen molar-refractivity contribution < 1.29 is 14.3 Å². The van der Waals surface area contributed by atoms with Gasteiger partial charge in [-0.15, -0.1) is 0 Å². The Bertz CT molecular complexity index is 258. The minimum Gasteiger partial charge on any atom is -0.478 e. The first kappa shape index (κ1) is 6.74. The summed E-state index contributed by atoms with van der Waals surface area (Å²) < 4.78 is 12.2. The molecule has 2 nitrogen and oxygen atoms in total. The Hall–Kier alpha value is -1.38. The van der Waals surface area contributed by atoms with E-state index >= 15 is 0 Å². The van der Waals surface area contributed by atoms with Gasteiger partial charge in [0.15, 0.2) is 0 Å². The van der Waals surface area contributed by atoms with Crippen LogP contribution >= 0.6 is 0 Å².